The molecule has 0 saturated carbocycles. The lowest BCUT2D eigenvalue weighted by Gasteiger charge is -2.14. The molecule has 1 aromatic heterocycles. The number of rotatable bonds is 8. The minimum Gasteiger partial charge on any atom is -0.480 e. The summed E-state index contributed by atoms with van der Waals surface area (Å²) in [6.45, 7) is 3.98. The van der Waals surface area contributed by atoms with E-state index in [1.54, 1.807) is 0 Å². The first-order valence-electron chi connectivity index (χ1n) is 9.16. The second-order valence-corrected chi connectivity index (χ2v) is 6.85. The van der Waals surface area contributed by atoms with Gasteiger partial charge in [-0.15, -0.1) is 0 Å². The van der Waals surface area contributed by atoms with Crippen LogP contribution in [0.3, 0.4) is 0 Å². The van der Waals surface area contributed by atoms with Crippen molar-refractivity contribution in [2.75, 3.05) is 0 Å². The Balaban J connectivity index is 0.000000396. The van der Waals surface area contributed by atoms with Crippen LogP contribution in [0.2, 0.25) is 0 Å². The number of carboxylic acid groups (broad SMARTS) is 1. The van der Waals surface area contributed by atoms with Crippen molar-refractivity contribution in [1.29, 1.82) is 0 Å². The number of aliphatic carboxylic acids is 1. The predicted octanol–water partition coefficient (Wildman–Crippen LogP) is 0.274. The van der Waals surface area contributed by atoms with Gasteiger partial charge in [0.05, 0.1) is 6.20 Å². The number of carbonyl (C=O) groups excluding carboxylic acids is 1. The van der Waals surface area contributed by atoms with E-state index in [4.69, 9.17) is 15.8 Å². The lowest BCUT2D eigenvalue weighted by atomic mass is 9.76. The third kappa shape index (κ3) is 9.79. The average Bonchev–Trinajstić information content (AvgIpc) is 2.68. The van der Waals surface area contributed by atoms with E-state index in [1.165, 1.54) is 18.6 Å². The molecule has 0 bridgehead atoms. The predicted molar refractivity (Wildman–Crippen MR) is 109 cm³/mol. The fourth-order valence-electron chi connectivity index (χ4n) is 2.36. The summed E-state index contributed by atoms with van der Waals surface area (Å²) < 4.78 is 0. The summed E-state index contributed by atoms with van der Waals surface area (Å²) in [7, 11) is -1.37. The molecule has 10 heteroatoms. The average molecular weight is 402 g/mol. The molecule has 1 amide bonds. The lowest BCUT2D eigenvalue weighted by Crippen LogP contribution is -2.42. The number of nitrogens with zero attached hydrogens (tertiary/aromatic N) is 2. The van der Waals surface area contributed by atoms with Crippen LogP contribution >= 0.6 is 0 Å². The number of aromatic nitrogens is 2. The van der Waals surface area contributed by atoms with Gasteiger partial charge in [0.25, 0.3) is 5.91 Å². The molecule has 0 aliphatic rings. The molecule has 0 aliphatic heterocycles. The number of nitrogens with one attached hydrogen (secondary N) is 1. The van der Waals surface area contributed by atoms with Crippen molar-refractivity contribution in [1.82, 2.24) is 15.3 Å². The quantitative estimate of drug-likeness (QED) is 0.394. The van der Waals surface area contributed by atoms with Crippen LogP contribution in [-0.2, 0) is 11.2 Å². The summed E-state index contributed by atoms with van der Waals surface area (Å²) in [6, 6.07) is 8.09. The molecule has 0 fully saturated rings. The van der Waals surface area contributed by atoms with Crippen molar-refractivity contribution in [2.24, 2.45) is 11.7 Å². The van der Waals surface area contributed by atoms with Crippen molar-refractivity contribution < 1.29 is 24.7 Å². The van der Waals surface area contributed by atoms with Crippen LogP contribution in [0.5, 0.6) is 0 Å². The Morgan fingerprint density at radius 3 is 2.28 bits per heavy atom. The Morgan fingerprint density at radius 1 is 1.17 bits per heavy atom. The van der Waals surface area contributed by atoms with Crippen LogP contribution in [0.15, 0.2) is 48.9 Å². The molecule has 0 spiro atoms. The number of hydrogen-bond donors (Lipinski definition) is 5. The van der Waals surface area contributed by atoms with Crippen LogP contribution in [0, 0.1) is 5.92 Å². The molecule has 6 N–H and O–H groups in total. The highest BCUT2D eigenvalue weighted by Crippen LogP contribution is 2.04. The van der Waals surface area contributed by atoms with E-state index in [2.05, 4.69) is 15.3 Å². The van der Waals surface area contributed by atoms with Gasteiger partial charge in [0.15, 0.2) is 0 Å². The normalized spacial score (nSPS) is 12.3. The monoisotopic (exact) mass is 402 g/mol. The van der Waals surface area contributed by atoms with Gasteiger partial charge in [-0.3, -0.25) is 9.78 Å². The number of hydrogen-bond acceptors (Lipinski definition) is 7. The zero-order valence-corrected chi connectivity index (χ0v) is 16.5. The fourth-order valence-corrected chi connectivity index (χ4v) is 2.36. The number of amides is 1. The van der Waals surface area contributed by atoms with E-state index in [0.717, 1.165) is 5.56 Å². The summed E-state index contributed by atoms with van der Waals surface area (Å²) in [4.78, 5) is 30.7. The number of nitrogens with two attached hydrogens (primary N) is 1. The summed E-state index contributed by atoms with van der Waals surface area (Å²) >= 11 is 0. The Bertz CT molecular complexity index is 747. The van der Waals surface area contributed by atoms with Crippen molar-refractivity contribution in [3.63, 3.8) is 0 Å². The molecule has 0 saturated heterocycles. The van der Waals surface area contributed by atoms with Gasteiger partial charge in [0, 0.05) is 24.8 Å². The maximum atomic E-state index is 11.9. The Kier molecular flexibility index (Phi) is 10.5. The highest BCUT2D eigenvalue weighted by molar-refractivity contribution is 6.43. The maximum Gasteiger partial charge on any atom is 0.469 e. The van der Waals surface area contributed by atoms with Crippen LogP contribution in [0.1, 0.15) is 36.3 Å². The van der Waals surface area contributed by atoms with Crippen LogP contribution in [0.4, 0.5) is 0 Å². The minimum atomic E-state index is -1.37. The first-order valence-corrected chi connectivity index (χ1v) is 9.16. The topological polar surface area (TPSA) is 159 Å². The summed E-state index contributed by atoms with van der Waals surface area (Å²) in [5.74, 6) is -1.72. The molecule has 29 heavy (non-hydrogen) atoms. The van der Waals surface area contributed by atoms with Gasteiger partial charge in [0.1, 0.15) is 11.7 Å². The molecule has 2 aromatic rings. The van der Waals surface area contributed by atoms with Gasteiger partial charge in [-0.1, -0.05) is 44.2 Å². The van der Waals surface area contributed by atoms with E-state index >= 15 is 0 Å². The van der Waals surface area contributed by atoms with Crippen molar-refractivity contribution in [3.8, 4) is 0 Å². The van der Waals surface area contributed by atoms with E-state index in [1.807, 2.05) is 44.2 Å². The molecule has 1 heterocycles. The second kappa shape index (κ2) is 12.6. The van der Waals surface area contributed by atoms with Crippen LogP contribution in [-0.4, -0.2) is 56.1 Å². The molecule has 9 nitrogen and oxygen atoms in total. The first-order chi connectivity index (χ1) is 13.7. The number of carboxylic acids is 1. The van der Waals surface area contributed by atoms with Gasteiger partial charge in [-0.2, -0.15) is 0 Å². The van der Waals surface area contributed by atoms with Crippen molar-refractivity contribution >= 4 is 19.0 Å². The number of carbonyl (C=O) groups is 2. The Hall–Kier alpha value is -2.82. The highest BCUT2D eigenvalue weighted by atomic mass is 16.4. The molecular formula is C19H27BN4O5. The molecule has 0 unspecified atom stereocenters. The molecule has 0 aliphatic carbocycles. The van der Waals surface area contributed by atoms with Gasteiger partial charge in [-0.05, 0) is 17.9 Å². The highest BCUT2D eigenvalue weighted by Gasteiger charge is 2.21. The van der Waals surface area contributed by atoms with Crippen LogP contribution < -0.4 is 11.1 Å². The second-order valence-electron chi connectivity index (χ2n) is 6.85. The molecule has 2 rings (SSSR count). The van der Waals surface area contributed by atoms with Crippen molar-refractivity contribution in [3.05, 3.63) is 60.2 Å². The Morgan fingerprint density at radius 2 is 1.83 bits per heavy atom. The molecule has 0 radical (unpaired) electrons. The van der Waals surface area contributed by atoms with Gasteiger partial charge in [-0.25, -0.2) is 9.78 Å². The van der Waals surface area contributed by atoms with E-state index in [-0.39, 0.29) is 12.1 Å². The van der Waals surface area contributed by atoms with Crippen LogP contribution in [0.25, 0.3) is 0 Å². The summed E-state index contributed by atoms with van der Waals surface area (Å²) in [5.41, 5.74) is 6.24. The zero-order valence-electron chi connectivity index (χ0n) is 16.5. The Labute approximate surface area is 170 Å². The van der Waals surface area contributed by atoms with E-state index in [9.17, 15) is 14.7 Å². The summed E-state index contributed by atoms with van der Waals surface area (Å²) in [6.07, 6.45) is 4.97. The van der Waals surface area contributed by atoms with Gasteiger partial charge in [0.2, 0.25) is 0 Å². The SMILES string of the molecule is CC(C)C[C@H](N)B(O)O.O=C(N[C@@H](Cc1ccccc1)C(=O)O)c1cnccn1. The third-order valence-corrected chi connectivity index (χ3v) is 3.81. The first kappa shape index (κ1) is 24.2. The molecule has 1 aromatic carbocycles. The molecular weight excluding hydrogens is 375 g/mol. The van der Waals surface area contributed by atoms with Crippen molar-refractivity contribution in [2.45, 2.75) is 38.7 Å². The minimum absolute atomic E-state index is 0.0896. The lowest BCUT2D eigenvalue weighted by molar-refractivity contribution is -0.139. The molecule has 156 valence electrons. The molecule has 2 atom stereocenters. The zero-order chi connectivity index (χ0) is 21.8. The maximum absolute atomic E-state index is 11.9. The largest absolute Gasteiger partial charge is 0.480 e. The third-order valence-electron chi connectivity index (χ3n) is 3.81. The number of benzene rings is 1. The van der Waals surface area contributed by atoms with Gasteiger partial charge < -0.3 is 26.2 Å². The van der Waals surface area contributed by atoms with Gasteiger partial charge >= 0.3 is 13.1 Å². The smallest absolute Gasteiger partial charge is 0.469 e. The van der Waals surface area contributed by atoms with E-state index in [0.29, 0.717) is 12.3 Å². The van der Waals surface area contributed by atoms with E-state index < -0.39 is 31.0 Å². The summed E-state index contributed by atoms with van der Waals surface area (Å²) in [5, 5.41) is 28.6. The fraction of sp³-hybridized carbons (Fsp3) is 0.368. The standard InChI is InChI=1S/C14H13N3O3.C5H14BNO2/c18-13(12-9-15-6-7-16-12)17-11(14(19)20)8-10-4-2-1-3-5-10;1-4(2)3-5(7)6(8)9/h1-7,9,11H,8H2,(H,17,18)(H,19,20);4-5,8-9H,3,7H2,1-2H3/t11-;5-/m00/s1.